The normalized spacial score (nSPS) is 10.1. The summed E-state index contributed by atoms with van der Waals surface area (Å²) in [5.74, 6) is 0.271. The van der Waals surface area contributed by atoms with Gasteiger partial charge in [-0.15, -0.1) is 0 Å². The average molecular weight is 288 g/mol. The zero-order valence-corrected chi connectivity index (χ0v) is 9.55. The molecule has 0 aliphatic heterocycles. The molecule has 1 aromatic heterocycles. The van der Waals surface area contributed by atoms with Gasteiger partial charge < -0.3 is 4.98 Å². The highest BCUT2D eigenvalue weighted by atomic mass is 127. The molecule has 13 heavy (non-hydrogen) atoms. The molecule has 68 valence electrons. The summed E-state index contributed by atoms with van der Waals surface area (Å²) in [6, 6.07) is 3.47. The number of aromatic amines is 1. The fourth-order valence-corrected chi connectivity index (χ4v) is 2.09. The predicted molar refractivity (Wildman–Crippen MR) is 58.6 cm³/mol. The third-order valence-corrected chi connectivity index (χ3v) is 2.61. The Balaban J connectivity index is 3.40. The van der Waals surface area contributed by atoms with Gasteiger partial charge in [0.05, 0.1) is 0 Å². The highest BCUT2D eigenvalue weighted by molar-refractivity contribution is 14.1. The molecule has 0 radical (unpaired) electrons. The third-order valence-electron chi connectivity index (χ3n) is 1.72. The van der Waals surface area contributed by atoms with Gasteiger partial charge in [0.15, 0.2) is 0 Å². The minimum Gasteiger partial charge on any atom is -0.324 e. The Kier molecular flexibility index (Phi) is 3.09. The Bertz CT molecular complexity index is 415. The molecule has 1 N–H and O–H groups in total. The number of halogens is 1. The highest BCUT2D eigenvalue weighted by Gasteiger charge is 2.08. The van der Waals surface area contributed by atoms with Crippen molar-refractivity contribution in [2.75, 3.05) is 0 Å². The summed E-state index contributed by atoms with van der Waals surface area (Å²) in [6.07, 6.45) is 0. The van der Waals surface area contributed by atoms with E-state index in [1.54, 1.807) is 6.07 Å². The third kappa shape index (κ3) is 2.10. The summed E-state index contributed by atoms with van der Waals surface area (Å²) >= 11 is 2.12. The number of nitrogens with zero attached hydrogens (tertiary/aromatic N) is 1. The fourth-order valence-electron chi connectivity index (χ4n) is 1.02. The second kappa shape index (κ2) is 3.92. The van der Waals surface area contributed by atoms with E-state index in [0.717, 1.165) is 9.26 Å². The van der Waals surface area contributed by atoms with E-state index in [2.05, 4.69) is 27.6 Å². The van der Waals surface area contributed by atoms with Gasteiger partial charge in [0.1, 0.15) is 11.6 Å². The average Bonchev–Trinajstić information content (AvgIpc) is 2.07. The lowest BCUT2D eigenvalue weighted by Gasteiger charge is -2.07. The van der Waals surface area contributed by atoms with Gasteiger partial charge in [-0.1, -0.05) is 13.8 Å². The summed E-state index contributed by atoms with van der Waals surface area (Å²) in [5, 5.41) is 8.60. The van der Waals surface area contributed by atoms with Crippen molar-refractivity contribution < 1.29 is 0 Å². The number of hydrogen-bond acceptors (Lipinski definition) is 2. The second-order valence-electron chi connectivity index (χ2n) is 3.04. The molecular formula is C9H9IN2O. The molecule has 0 saturated carbocycles. The van der Waals surface area contributed by atoms with Gasteiger partial charge in [-0.05, 0) is 34.6 Å². The van der Waals surface area contributed by atoms with E-state index in [-0.39, 0.29) is 17.0 Å². The van der Waals surface area contributed by atoms with Gasteiger partial charge in [-0.2, -0.15) is 5.26 Å². The van der Waals surface area contributed by atoms with Crippen molar-refractivity contribution in [2.24, 2.45) is 0 Å². The lowest BCUT2D eigenvalue weighted by atomic mass is 10.1. The van der Waals surface area contributed by atoms with E-state index in [1.807, 2.05) is 19.9 Å². The summed E-state index contributed by atoms with van der Waals surface area (Å²) in [5.41, 5.74) is 0.769. The molecule has 0 aliphatic carbocycles. The first-order valence-electron chi connectivity index (χ1n) is 3.89. The maximum Gasteiger partial charge on any atom is 0.266 e. The summed E-state index contributed by atoms with van der Waals surface area (Å²) in [4.78, 5) is 14.0. The zero-order chi connectivity index (χ0) is 10.0. The van der Waals surface area contributed by atoms with Gasteiger partial charge in [-0.25, -0.2) is 0 Å². The summed E-state index contributed by atoms with van der Waals surface area (Å²) in [6.45, 7) is 4.00. The summed E-state index contributed by atoms with van der Waals surface area (Å²) in [7, 11) is 0. The van der Waals surface area contributed by atoms with Crippen LogP contribution in [0.1, 0.15) is 31.0 Å². The topological polar surface area (TPSA) is 56.6 Å². The maximum absolute atomic E-state index is 11.2. The van der Waals surface area contributed by atoms with Gasteiger partial charge in [-0.3, -0.25) is 4.79 Å². The summed E-state index contributed by atoms with van der Waals surface area (Å²) < 4.78 is 0.934. The number of aromatic nitrogens is 1. The Morgan fingerprint density at radius 1 is 1.62 bits per heavy atom. The molecule has 0 amide bonds. The molecule has 0 saturated heterocycles. The van der Waals surface area contributed by atoms with Crippen molar-refractivity contribution in [2.45, 2.75) is 19.8 Å². The minimum absolute atomic E-state index is 0.175. The standard InChI is InChI=1S/C9H9IN2O/c1-5(2)8-7(10)3-6(4-11)9(13)12-8/h3,5H,1-2H3,(H,12,13). The molecule has 0 bridgehead atoms. The van der Waals surface area contributed by atoms with Gasteiger partial charge in [0.25, 0.3) is 5.56 Å². The predicted octanol–water partition coefficient (Wildman–Crippen LogP) is 1.97. The minimum atomic E-state index is -0.299. The molecule has 3 nitrogen and oxygen atoms in total. The molecule has 0 aliphatic rings. The van der Waals surface area contributed by atoms with Crippen LogP contribution >= 0.6 is 22.6 Å². The maximum atomic E-state index is 11.2. The van der Waals surface area contributed by atoms with Crippen LogP contribution in [0.15, 0.2) is 10.9 Å². The molecule has 1 heterocycles. The van der Waals surface area contributed by atoms with E-state index < -0.39 is 0 Å². The van der Waals surface area contributed by atoms with Crippen LogP contribution in [0.2, 0.25) is 0 Å². The van der Waals surface area contributed by atoms with Gasteiger partial charge >= 0.3 is 0 Å². The molecular weight excluding hydrogens is 279 g/mol. The molecule has 0 aromatic carbocycles. The number of H-pyrrole nitrogens is 1. The molecule has 0 spiro atoms. The number of nitriles is 1. The first-order valence-corrected chi connectivity index (χ1v) is 4.97. The molecule has 1 aromatic rings. The van der Waals surface area contributed by atoms with E-state index in [0.29, 0.717) is 0 Å². The Labute approximate surface area is 89.9 Å². The van der Waals surface area contributed by atoms with Crippen molar-refractivity contribution in [3.8, 4) is 6.07 Å². The van der Waals surface area contributed by atoms with Gasteiger partial charge in [0, 0.05) is 9.26 Å². The molecule has 0 atom stereocenters. The molecule has 0 fully saturated rings. The van der Waals surface area contributed by atoms with Crippen LogP contribution in [0.4, 0.5) is 0 Å². The number of nitrogens with one attached hydrogen (secondary N) is 1. The van der Waals surface area contributed by atoms with Crippen molar-refractivity contribution in [1.82, 2.24) is 4.98 Å². The molecule has 4 heteroatoms. The molecule has 0 unspecified atom stereocenters. The number of hydrogen-bond donors (Lipinski definition) is 1. The molecule has 1 rings (SSSR count). The van der Waals surface area contributed by atoms with Crippen molar-refractivity contribution in [3.05, 3.63) is 31.2 Å². The number of pyridine rings is 1. The SMILES string of the molecule is CC(C)c1[nH]c(=O)c(C#N)cc1I. The van der Waals surface area contributed by atoms with E-state index >= 15 is 0 Å². The van der Waals surface area contributed by atoms with Crippen molar-refractivity contribution >= 4 is 22.6 Å². The quantitative estimate of drug-likeness (QED) is 0.803. The second-order valence-corrected chi connectivity index (χ2v) is 4.20. The van der Waals surface area contributed by atoms with Crippen LogP contribution < -0.4 is 5.56 Å². The Hall–Kier alpha value is -0.830. The van der Waals surface area contributed by atoms with Crippen molar-refractivity contribution in [3.63, 3.8) is 0 Å². The largest absolute Gasteiger partial charge is 0.324 e. The van der Waals surface area contributed by atoms with Crippen LogP contribution in [-0.4, -0.2) is 4.98 Å². The zero-order valence-electron chi connectivity index (χ0n) is 7.39. The monoisotopic (exact) mass is 288 g/mol. The lowest BCUT2D eigenvalue weighted by molar-refractivity contribution is 0.807. The fraction of sp³-hybridized carbons (Fsp3) is 0.333. The smallest absolute Gasteiger partial charge is 0.266 e. The van der Waals surface area contributed by atoms with Crippen LogP contribution in [-0.2, 0) is 0 Å². The van der Waals surface area contributed by atoms with Gasteiger partial charge in [0.2, 0.25) is 0 Å². The van der Waals surface area contributed by atoms with Crippen LogP contribution in [0.5, 0.6) is 0 Å². The van der Waals surface area contributed by atoms with Crippen LogP contribution in [0, 0.1) is 14.9 Å². The Morgan fingerprint density at radius 3 is 2.69 bits per heavy atom. The van der Waals surface area contributed by atoms with Crippen LogP contribution in [0.25, 0.3) is 0 Å². The Morgan fingerprint density at radius 2 is 2.23 bits per heavy atom. The van der Waals surface area contributed by atoms with E-state index in [9.17, 15) is 4.79 Å². The lowest BCUT2D eigenvalue weighted by Crippen LogP contribution is -2.14. The van der Waals surface area contributed by atoms with E-state index in [1.165, 1.54) is 0 Å². The van der Waals surface area contributed by atoms with Crippen LogP contribution in [0.3, 0.4) is 0 Å². The highest BCUT2D eigenvalue weighted by Crippen LogP contribution is 2.17. The van der Waals surface area contributed by atoms with Crippen molar-refractivity contribution in [1.29, 1.82) is 5.26 Å². The number of rotatable bonds is 1. The first-order chi connectivity index (χ1) is 6.06. The first kappa shape index (κ1) is 10.3. The van der Waals surface area contributed by atoms with E-state index in [4.69, 9.17) is 5.26 Å².